The number of para-hydroxylation sites is 2. The molecule has 0 atom stereocenters. The van der Waals surface area contributed by atoms with Gasteiger partial charge in [-0.25, -0.2) is 0 Å². The van der Waals surface area contributed by atoms with Crippen molar-refractivity contribution in [1.29, 1.82) is 0 Å². The van der Waals surface area contributed by atoms with Crippen LogP contribution in [-0.2, 0) is 0 Å². The molecule has 0 unspecified atom stereocenters. The first kappa shape index (κ1) is 14.6. The molecule has 8 heteroatoms. The second kappa shape index (κ2) is 5.70. The summed E-state index contributed by atoms with van der Waals surface area (Å²) < 4.78 is 40.6. The minimum absolute atomic E-state index is 0.0793. The van der Waals surface area contributed by atoms with Crippen molar-refractivity contribution in [3.05, 3.63) is 58.5 Å². The lowest BCUT2D eigenvalue weighted by Crippen LogP contribution is -2.21. The Hall–Kier alpha value is -2.77. The van der Waals surface area contributed by atoms with Crippen molar-refractivity contribution >= 4 is 11.6 Å². The maximum absolute atomic E-state index is 12.3. The van der Waals surface area contributed by atoms with Crippen molar-refractivity contribution in [2.45, 2.75) is 6.36 Å². The number of hydrogen-bond donors (Lipinski definition) is 2. The average molecular weight is 298 g/mol. The van der Waals surface area contributed by atoms with E-state index in [9.17, 15) is 22.8 Å². The van der Waals surface area contributed by atoms with E-state index >= 15 is 0 Å². The molecule has 110 valence electrons. The second-order valence-electron chi connectivity index (χ2n) is 3.93. The van der Waals surface area contributed by atoms with Crippen molar-refractivity contribution in [3.63, 3.8) is 0 Å². The van der Waals surface area contributed by atoms with Gasteiger partial charge < -0.3 is 15.0 Å². The minimum atomic E-state index is -4.87. The number of aromatic nitrogens is 1. The summed E-state index contributed by atoms with van der Waals surface area (Å²) in [5.41, 5.74) is -0.740. The molecule has 0 fully saturated rings. The number of carbonyl (C=O) groups excluding carboxylic acids is 1. The summed E-state index contributed by atoms with van der Waals surface area (Å²) in [5, 5.41) is 2.24. The monoisotopic (exact) mass is 298 g/mol. The molecule has 2 aromatic rings. The molecule has 0 aliphatic rings. The maximum atomic E-state index is 12.3. The Balaban J connectivity index is 2.23. The van der Waals surface area contributed by atoms with Crippen molar-refractivity contribution in [2.75, 3.05) is 5.32 Å². The van der Waals surface area contributed by atoms with Crippen LogP contribution in [-0.4, -0.2) is 17.3 Å². The summed E-state index contributed by atoms with van der Waals surface area (Å²) in [4.78, 5) is 25.2. The third-order valence-corrected chi connectivity index (χ3v) is 2.37. The Labute approximate surface area is 116 Å². The molecule has 1 amide bonds. The van der Waals surface area contributed by atoms with E-state index in [4.69, 9.17) is 0 Å². The smallest absolute Gasteiger partial charge is 0.404 e. The molecule has 0 radical (unpaired) electrons. The highest BCUT2D eigenvalue weighted by atomic mass is 19.4. The Kier molecular flexibility index (Phi) is 3.97. The molecule has 1 aromatic carbocycles. The van der Waals surface area contributed by atoms with E-state index in [0.29, 0.717) is 0 Å². The summed E-state index contributed by atoms with van der Waals surface area (Å²) in [7, 11) is 0. The van der Waals surface area contributed by atoms with Crippen LogP contribution >= 0.6 is 0 Å². The first-order chi connectivity index (χ1) is 9.85. The fourth-order valence-electron chi connectivity index (χ4n) is 1.55. The summed E-state index contributed by atoms with van der Waals surface area (Å²) in [5.74, 6) is -1.30. The van der Waals surface area contributed by atoms with Gasteiger partial charge in [0.1, 0.15) is 5.69 Å². The second-order valence-corrected chi connectivity index (χ2v) is 3.93. The molecule has 5 nitrogen and oxygen atoms in total. The van der Waals surface area contributed by atoms with Crippen molar-refractivity contribution < 1.29 is 22.7 Å². The van der Waals surface area contributed by atoms with Gasteiger partial charge in [-0.1, -0.05) is 18.2 Å². The van der Waals surface area contributed by atoms with Crippen LogP contribution in [0, 0.1) is 0 Å². The van der Waals surface area contributed by atoms with Gasteiger partial charge in [0.15, 0.2) is 5.75 Å². The van der Waals surface area contributed by atoms with Gasteiger partial charge in [-0.05, 0) is 18.2 Å². The van der Waals surface area contributed by atoms with Gasteiger partial charge in [0.05, 0.1) is 5.69 Å². The first-order valence-corrected chi connectivity index (χ1v) is 5.70. The number of H-pyrrole nitrogens is 1. The van der Waals surface area contributed by atoms with Crippen LogP contribution in [0.1, 0.15) is 10.5 Å². The van der Waals surface area contributed by atoms with Crippen LogP contribution in [0.15, 0.2) is 47.3 Å². The number of amides is 1. The topological polar surface area (TPSA) is 71.2 Å². The molecule has 0 saturated heterocycles. The molecule has 21 heavy (non-hydrogen) atoms. The molecule has 0 spiro atoms. The molecule has 0 bridgehead atoms. The normalized spacial score (nSPS) is 11.0. The van der Waals surface area contributed by atoms with E-state index in [1.54, 1.807) is 0 Å². The van der Waals surface area contributed by atoms with Gasteiger partial charge in [-0.3, -0.25) is 9.59 Å². The summed E-state index contributed by atoms with van der Waals surface area (Å²) in [6.45, 7) is 0. The number of benzene rings is 1. The molecular formula is C13H9F3N2O3. The van der Waals surface area contributed by atoms with Gasteiger partial charge in [0, 0.05) is 6.07 Å². The number of hydrogen-bond acceptors (Lipinski definition) is 3. The summed E-state index contributed by atoms with van der Waals surface area (Å²) in [6.07, 6.45) is -4.87. The largest absolute Gasteiger partial charge is 0.573 e. The lowest BCUT2D eigenvalue weighted by atomic mass is 10.2. The molecular weight excluding hydrogens is 289 g/mol. The highest BCUT2D eigenvalue weighted by Crippen LogP contribution is 2.30. The zero-order valence-corrected chi connectivity index (χ0v) is 10.4. The molecule has 0 saturated carbocycles. The Morgan fingerprint density at radius 3 is 2.48 bits per heavy atom. The first-order valence-electron chi connectivity index (χ1n) is 5.70. The number of aromatic amines is 1. The SMILES string of the molecule is O=C(Nc1ccccc1OC(F)(F)F)c1cccc(=O)[nH]1. The Morgan fingerprint density at radius 2 is 1.81 bits per heavy atom. The van der Waals surface area contributed by atoms with E-state index in [1.165, 1.54) is 36.4 Å². The lowest BCUT2D eigenvalue weighted by Gasteiger charge is -2.13. The zero-order valence-electron chi connectivity index (χ0n) is 10.4. The molecule has 2 rings (SSSR count). The van der Waals surface area contributed by atoms with E-state index in [0.717, 1.165) is 6.07 Å². The number of rotatable bonds is 3. The van der Waals surface area contributed by atoms with Crippen LogP contribution in [0.5, 0.6) is 5.75 Å². The standard InChI is InChI=1S/C13H9F3N2O3/c14-13(15,16)21-10-6-2-1-4-8(10)18-12(20)9-5-3-7-11(19)17-9/h1-7H,(H,17,19)(H,18,20). The van der Waals surface area contributed by atoms with Crippen LogP contribution in [0.25, 0.3) is 0 Å². The van der Waals surface area contributed by atoms with E-state index in [2.05, 4.69) is 15.0 Å². The van der Waals surface area contributed by atoms with Crippen molar-refractivity contribution in [2.24, 2.45) is 0 Å². The quantitative estimate of drug-likeness (QED) is 0.914. The zero-order chi connectivity index (χ0) is 15.5. The number of anilines is 1. The predicted molar refractivity (Wildman–Crippen MR) is 68.1 cm³/mol. The van der Waals surface area contributed by atoms with Gasteiger partial charge in [-0.2, -0.15) is 0 Å². The fourth-order valence-corrected chi connectivity index (χ4v) is 1.55. The molecule has 1 heterocycles. The van der Waals surface area contributed by atoms with Gasteiger partial charge >= 0.3 is 6.36 Å². The van der Waals surface area contributed by atoms with Crippen molar-refractivity contribution in [3.8, 4) is 5.75 Å². The highest BCUT2D eigenvalue weighted by molar-refractivity contribution is 6.03. The number of pyridine rings is 1. The maximum Gasteiger partial charge on any atom is 0.573 e. The third kappa shape index (κ3) is 4.10. The minimum Gasteiger partial charge on any atom is -0.404 e. The number of halogens is 3. The third-order valence-electron chi connectivity index (χ3n) is 2.37. The molecule has 0 aliphatic heterocycles. The Bertz CT molecular complexity index is 710. The average Bonchev–Trinajstić information content (AvgIpc) is 2.39. The predicted octanol–water partition coefficient (Wildman–Crippen LogP) is 2.53. The van der Waals surface area contributed by atoms with Crippen LogP contribution < -0.4 is 15.6 Å². The lowest BCUT2D eigenvalue weighted by molar-refractivity contribution is -0.274. The summed E-state index contributed by atoms with van der Waals surface area (Å²) >= 11 is 0. The Morgan fingerprint density at radius 1 is 1.10 bits per heavy atom. The van der Waals surface area contributed by atoms with Crippen molar-refractivity contribution in [1.82, 2.24) is 4.98 Å². The molecule has 1 aromatic heterocycles. The van der Waals surface area contributed by atoms with E-state index in [1.807, 2.05) is 0 Å². The van der Waals surface area contributed by atoms with Crippen LogP contribution in [0.4, 0.5) is 18.9 Å². The fraction of sp³-hybridized carbons (Fsp3) is 0.0769. The number of ether oxygens (including phenoxy) is 1. The molecule has 2 N–H and O–H groups in total. The van der Waals surface area contributed by atoms with Gasteiger partial charge in [-0.15, -0.1) is 13.2 Å². The highest BCUT2D eigenvalue weighted by Gasteiger charge is 2.32. The number of nitrogens with one attached hydrogen (secondary N) is 2. The summed E-state index contributed by atoms with van der Waals surface area (Å²) in [6, 6.07) is 8.97. The number of carbonyl (C=O) groups is 1. The van der Waals surface area contributed by atoms with E-state index in [-0.39, 0.29) is 11.4 Å². The van der Waals surface area contributed by atoms with Crippen LogP contribution in [0.3, 0.4) is 0 Å². The number of alkyl halides is 3. The van der Waals surface area contributed by atoms with Gasteiger partial charge in [0.25, 0.3) is 5.91 Å². The van der Waals surface area contributed by atoms with E-state index < -0.39 is 23.6 Å². The molecule has 0 aliphatic carbocycles. The van der Waals surface area contributed by atoms with Gasteiger partial charge in [0.2, 0.25) is 5.56 Å². The van der Waals surface area contributed by atoms with Crippen LogP contribution in [0.2, 0.25) is 0 Å².